The molecular formula is C29H40N6O4. The van der Waals surface area contributed by atoms with Crippen LogP contribution in [0.3, 0.4) is 0 Å². The molecule has 39 heavy (non-hydrogen) atoms. The summed E-state index contributed by atoms with van der Waals surface area (Å²) >= 11 is 0. The van der Waals surface area contributed by atoms with Crippen LogP contribution in [0.2, 0.25) is 0 Å². The van der Waals surface area contributed by atoms with E-state index >= 15 is 0 Å². The van der Waals surface area contributed by atoms with Gasteiger partial charge in [-0.2, -0.15) is 15.1 Å². The van der Waals surface area contributed by atoms with Crippen LogP contribution in [0.15, 0.2) is 42.6 Å². The lowest BCUT2D eigenvalue weighted by atomic mass is 10.1. The Bertz CT molecular complexity index is 1190. The van der Waals surface area contributed by atoms with Crippen LogP contribution in [0, 0.1) is 6.92 Å². The van der Waals surface area contributed by atoms with Gasteiger partial charge in [-0.1, -0.05) is 23.8 Å². The van der Waals surface area contributed by atoms with Gasteiger partial charge in [0.2, 0.25) is 0 Å². The largest absolute Gasteiger partial charge is 0.461 e. The average Bonchev–Trinajstić information content (AvgIpc) is 3.79. The third kappa shape index (κ3) is 7.33. The number of rotatable bonds is 8. The first-order valence-corrected chi connectivity index (χ1v) is 13.9. The second-order valence-corrected chi connectivity index (χ2v) is 10.3. The van der Waals surface area contributed by atoms with E-state index in [1.165, 1.54) is 12.0 Å². The van der Waals surface area contributed by atoms with Crippen molar-refractivity contribution < 1.29 is 18.9 Å². The molecule has 1 N–H and O–H groups in total. The van der Waals surface area contributed by atoms with E-state index in [2.05, 4.69) is 45.3 Å². The predicted octanol–water partition coefficient (Wildman–Crippen LogP) is 3.42. The minimum atomic E-state index is 0.105. The van der Waals surface area contributed by atoms with Crippen molar-refractivity contribution in [2.45, 2.75) is 50.9 Å². The number of aromatic nitrogens is 4. The molecule has 10 heteroatoms. The van der Waals surface area contributed by atoms with Gasteiger partial charge < -0.3 is 29.2 Å². The minimum absolute atomic E-state index is 0.105. The van der Waals surface area contributed by atoms with Crippen LogP contribution in [0.25, 0.3) is 17.1 Å². The first kappa shape index (κ1) is 27.5. The fourth-order valence-corrected chi connectivity index (χ4v) is 5.06. The molecule has 0 saturated carbocycles. The van der Waals surface area contributed by atoms with E-state index in [1.54, 1.807) is 18.9 Å². The SMILES string of the molecule is COC1CCN(c2cc(-n3ccc(-c4cccc(C)c4)n3)nc(OCC3CCCO3)n2)C1.COC1CCNC1. The second kappa shape index (κ2) is 13.3. The summed E-state index contributed by atoms with van der Waals surface area (Å²) in [5.41, 5.74) is 3.18. The fourth-order valence-electron chi connectivity index (χ4n) is 5.06. The van der Waals surface area contributed by atoms with Crippen molar-refractivity contribution in [1.82, 2.24) is 25.1 Å². The van der Waals surface area contributed by atoms with E-state index in [0.29, 0.717) is 24.5 Å². The molecule has 1 aromatic carbocycles. The average molecular weight is 537 g/mol. The standard InChI is InChI=1S/C24H29N5O3.C5H11NO/c1-17-5-3-6-18(13-17)21-9-11-29(27-21)23-14-22(28-10-8-19(15-28)30-2)25-24(26-23)32-16-20-7-4-12-31-20;1-7-5-2-3-6-4-5/h3,5-6,9,11,13-14,19-20H,4,7-8,10,12,15-16H2,1-2H3;5-6H,2-4H2,1H3. The Kier molecular flexibility index (Phi) is 9.41. The molecule has 3 aliphatic heterocycles. The summed E-state index contributed by atoms with van der Waals surface area (Å²) < 4.78 is 24.0. The van der Waals surface area contributed by atoms with Crippen LogP contribution >= 0.6 is 0 Å². The number of ether oxygens (including phenoxy) is 4. The molecule has 5 heterocycles. The molecule has 3 atom stereocenters. The third-order valence-corrected chi connectivity index (χ3v) is 7.39. The van der Waals surface area contributed by atoms with E-state index in [-0.39, 0.29) is 12.2 Å². The molecule has 3 aliphatic rings. The van der Waals surface area contributed by atoms with Gasteiger partial charge in [0, 0.05) is 58.3 Å². The predicted molar refractivity (Wildman–Crippen MR) is 150 cm³/mol. The number of hydrogen-bond donors (Lipinski definition) is 1. The minimum Gasteiger partial charge on any atom is -0.461 e. The number of aryl methyl sites for hydroxylation is 1. The summed E-state index contributed by atoms with van der Waals surface area (Å²) in [4.78, 5) is 11.6. The summed E-state index contributed by atoms with van der Waals surface area (Å²) in [5.74, 6) is 1.50. The smallest absolute Gasteiger partial charge is 0.320 e. The molecule has 0 aliphatic carbocycles. The van der Waals surface area contributed by atoms with Crippen molar-refractivity contribution in [3.8, 4) is 23.1 Å². The lowest BCUT2D eigenvalue weighted by Crippen LogP contribution is -2.24. The van der Waals surface area contributed by atoms with Crippen LogP contribution in [-0.2, 0) is 14.2 Å². The van der Waals surface area contributed by atoms with Gasteiger partial charge in [0.25, 0.3) is 0 Å². The molecule has 0 amide bonds. The zero-order valence-electron chi connectivity index (χ0n) is 23.2. The van der Waals surface area contributed by atoms with Gasteiger partial charge in [-0.3, -0.25) is 0 Å². The van der Waals surface area contributed by atoms with Gasteiger partial charge in [0.1, 0.15) is 12.4 Å². The van der Waals surface area contributed by atoms with E-state index < -0.39 is 0 Å². The lowest BCUT2D eigenvalue weighted by molar-refractivity contribution is 0.0645. The molecule has 210 valence electrons. The Morgan fingerprint density at radius 2 is 1.90 bits per heavy atom. The Balaban J connectivity index is 0.000000384. The molecule has 0 spiro atoms. The van der Waals surface area contributed by atoms with Crippen LogP contribution in [0.4, 0.5) is 5.82 Å². The molecule has 10 nitrogen and oxygen atoms in total. The fraction of sp³-hybridized carbons (Fsp3) is 0.552. The van der Waals surface area contributed by atoms with Crippen LogP contribution in [0.1, 0.15) is 31.2 Å². The number of hydrogen-bond acceptors (Lipinski definition) is 9. The Morgan fingerprint density at radius 3 is 2.59 bits per heavy atom. The van der Waals surface area contributed by atoms with Gasteiger partial charge in [-0.25, -0.2) is 4.68 Å². The highest BCUT2D eigenvalue weighted by atomic mass is 16.5. The number of nitrogens with one attached hydrogen (secondary N) is 1. The summed E-state index contributed by atoms with van der Waals surface area (Å²) in [5, 5.41) is 7.97. The summed E-state index contributed by atoms with van der Waals surface area (Å²) in [6, 6.07) is 12.6. The first-order valence-electron chi connectivity index (χ1n) is 13.9. The van der Waals surface area contributed by atoms with Crippen molar-refractivity contribution in [2.24, 2.45) is 0 Å². The molecule has 0 radical (unpaired) electrons. The molecule has 0 bridgehead atoms. The van der Waals surface area contributed by atoms with Crippen molar-refractivity contribution in [3.63, 3.8) is 0 Å². The highest BCUT2D eigenvalue weighted by molar-refractivity contribution is 5.60. The molecular weight excluding hydrogens is 496 g/mol. The first-order chi connectivity index (χ1) is 19.1. The van der Waals surface area contributed by atoms with Gasteiger partial charge in [0.05, 0.1) is 24.0 Å². The Labute approximate surface area is 230 Å². The quantitative estimate of drug-likeness (QED) is 0.465. The molecule has 3 saturated heterocycles. The molecule has 3 unspecified atom stereocenters. The molecule has 6 rings (SSSR count). The highest BCUT2D eigenvalue weighted by Gasteiger charge is 2.25. The van der Waals surface area contributed by atoms with Crippen molar-refractivity contribution in [1.29, 1.82) is 0 Å². The van der Waals surface area contributed by atoms with Crippen molar-refractivity contribution >= 4 is 5.82 Å². The topological polar surface area (TPSA) is 95.8 Å². The number of methoxy groups -OCH3 is 2. The van der Waals surface area contributed by atoms with E-state index in [4.69, 9.17) is 24.0 Å². The van der Waals surface area contributed by atoms with Crippen molar-refractivity contribution in [3.05, 3.63) is 48.2 Å². The van der Waals surface area contributed by atoms with Crippen LogP contribution < -0.4 is 15.0 Å². The maximum absolute atomic E-state index is 5.97. The molecule has 3 aromatic rings. The van der Waals surface area contributed by atoms with Gasteiger partial charge in [-0.15, -0.1) is 0 Å². The summed E-state index contributed by atoms with van der Waals surface area (Å²) in [6.45, 7) is 7.17. The van der Waals surface area contributed by atoms with Crippen LogP contribution in [0.5, 0.6) is 6.01 Å². The summed E-state index contributed by atoms with van der Waals surface area (Å²) in [7, 11) is 3.52. The number of nitrogens with zero attached hydrogens (tertiary/aromatic N) is 5. The van der Waals surface area contributed by atoms with E-state index in [1.807, 2.05) is 24.4 Å². The zero-order chi connectivity index (χ0) is 27.0. The Hall–Kier alpha value is -3.05. The molecule has 3 fully saturated rings. The third-order valence-electron chi connectivity index (χ3n) is 7.39. The maximum atomic E-state index is 5.97. The zero-order valence-corrected chi connectivity index (χ0v) is 23.2. The van der Waals surface area contributed by atoms with E-state index in [9.17, 15) is 0 Å². The highest BCUT2D eigenvalue weighted by Crippen LogP contribution is 2.25. The second-order valence-electron chi connectivity index (χ2n) is 10.3. The monoisotopic (exact) mass is 536 g/mol. The van der Waals surface area contributed by atoms with Gasteiger partial charge in [-0.05, 0) is 51.3 Å². The van der Waals surface area contributed by atoms with Crippen molar-refractivity contribution in [2.75, 3.05) is 58.5 Å². The maximum Gasteiger partial charge on any atom is 0.320 e. The number of benzene rings is 1. The van der Waals surface area contributed by atoms with Gasteiger partial charge >= 0.3 is 6.01 Å². The van der Waals surface area contributed by atoms with Gasteiger partial charge in [0.15, 0.2) is 5.82 Å². The van der Waals surface area contributed by atoms with E-state index in [0.717, 1.165) is 69.1 Å². The van der Waals surface area contributed by atoms with Crippen LogP contribution in [-0.4, -0.2) is 91.7 Å². The number of anilines is 1. The summed E-state index contributed by atoms with van der Waals surface area (Å²) in [6.07, 6.45) is 6.96. The Morgan fingerprint density at radius 1 is 1.03 bits per heavy atom. The normalized spacial score (nSPS) is 22.6. The molecule has 2 aromatic heterocycles. The lowest BCUT2D eigenvalue weighted by Gasteiger charge is -2.19.